The lowest BCUT2D eigenvalue weighted by atomic mass is 10.4. The summed E-state index contributed by atoms with van der Waals surface area (Å²) in [5.41, 5.74) is 0. The van der Waals surface area contributed by atoms with Gasteiger partial charge in [-0.25, -0.2) is 0 Å². The molecule has 0 saturated heterocycles. The number of carbonyl (C=O) groups is 1. The molecule has 1 amide bonds. The zero-order chi connectivity index (χ0) is 17.1. The largest absolute Gasteiger partial charge is 0.485 e. The highest BCUT2D eigenvalue weighted by molar-refractivity contribution is 8.00. The molecule has 0 aliphatic carbocycles. The fourth-order valence-corrected chi connectivity index (χ4v) is 5.75. The molecule has 128 valence electrons. The molecular formula is C17H13NO3S4. The molecule has 1 aliphatic rings. The standard InChI is InChI=1S/C17H13NO3S4/c19-17(16-15-13(10-23-16)20-6-7-21-15)18-25-14-8-12(9-22-14)24-11-4-2-1-3-5-11/h1-5,8-10H,6-7H2,(H,18,19). The summed E-state index contributed by atoms with van der Waals surface area (Å²) in [6.45, 7) is 0.999. The minimum Gasteiger partial charge on any atom is -0.485 e. The number of ether oxygens (including phenoxy) is 2. The van der Waals surface area contributed by atoms with E-state index in [1.165, 1.54) is 28.2 Å². The summed E-state index contributed by atoms with van der Waals surface area (Å²) in [6.07, 6.45) is 0. The third kappa shape index (κ3) is 3.98. The van der Waals surface area contributed by atoms with Crippen molar-refractivity contribution in [3.63, 3.8) is 0 Å². The first-order chi connectivity index (χ1) is 12.3. The predicted molar refractivity (Wildman–Crippen MR) is 104 cm³/mol. The van der Waals surface area contributed by atoms with Gasteiger partial charge in [0.25, 0.3) is 5.91 Å². The molecule has 4 rings (SSSR count). The van der Waals surface area contributed by atoms with Crippen LogP contribution in [0.25, 0.3) is 0 Å². The summed E-state index contributed by atoms with van der Waals surface area (Å²) in [7, 11) is 0. The Bertz CT molecular complexity index is 875. The molecule has 0 spiro atoms. The van der Waals surface area contributed by atoms with Crippen LogP contribution in [0.4, 0.5) is 0 Å². The maximum atomic E-state index is 12.4. The smallest absolute Gasteiger partial charge is 0.275 e. The van der Waals surface area contributed by atoms with E-state index in [1.807, 2.05) is 23.6 Å². The minimum absolute atomic E-state index is 0.160. The number of benzene rings is 1. The number of hydrogen-bond donors (Lipinski definition) is 1. The van der Waals surface area contributed by atoms with Crippen molar-refractivity contribution in [1.82, 2.24) is 4.72 Å². The Kier molecular flexibility index (Phi) is 5.21. The van der Waals surface area contributed by atoms with Gasteiger partial charge in [0, 0.05) is 20.6 Å². The van der Waals surface area contributed by atoms with E-state index in [9.17, 15) is 4.79 Å². The summed E-state index contributed by atoms with van der Waals surface area (Å²) in [4.78, 5) is 15.3. The maximum Gasteiger partial charge on any atom is 0.275 e. The van der Waals surface area contributed by atoms with E-state index in [0.717, 1.165) is 9.10 Å². The van der Waals surface area contributed by atoms with E-state index in [4.69, 9.17) is 9.47 Å². The fraction of sp³-hybridized carbons (Fsp3) is 0.118. The lowest BCUT2D eigenvalue weighted by Crippen LogP contribution is -2.19. The van der Waals surface area contributed by atoms with Crippen molar-refractivity contribution in [1.29, 1.82) is 0 Å². The molecule has 1 aromatic carbocycles. The monoisotopic (exact) mass is 407 g/mol. The molecule has 0 saturated carbocycles. The van der Waals surface area contributed by atoms with Gasteiger partial charge in [-0.2, -0.15) is 0 Å². The molecule has 3 heterocycles. The average Bonchev–Trinajstić information content (AvgIpc) is 3.27. The van der Waals surface area contributed by atoms with Gasteiger partial charge in [-0.15, -0.1) is 22.7 Å². The van der Waals surface area contributed by atoms with Crippen LogP contribution in [0, 0.1) is 0 Å². The highest BCUT2D eigenvalue weighted by Crippen LogP contribution is 2.40. The van der Waals surface area contributed by atoms with Crippen LogP contribution in [0.5, 0.6) is 11.5 Å². The molecular weight excluding hydrogens is 394 g/mol. The molecule has 25 heavy (non-hydrogen) atoms. The second-order valence-corrected chi connectivity index (χ2v) is 9.05. The van der Waals surface area contributed by atoms with Gasteiger partial charge in [0.2, 0.25) is 0 Å². The number of rotatable bonds is 5. The third-order valence-electron chi connectivity index (χ3n) is 3.28. The van der Waals surface area contributed by atoms with Gasteiger partial charge < -0.3 is 9.47 Å². The Hall–Kier alpha value is -1.61. The van der Waals surface area contributed by atoms with E-state index >= 15 is 0 Å². The first-order valence-corrected chi connectivity index (χ1v) is 10.8. The van der Waals surface area contributed by atoms with Crippen molar-refractivity contribution < 1.29 is 14.3 Å². The molecule has 0 radical (unpaired) electrons. The van der Waals surface area contributed by atoms with Crippen LogP contribution in [0.15, 0.2) is 61.2 Å². The topological polar surface area (TPSA) is 47.6 Å². The van der Waals surface area contributed by atoms with E-state index in [-0.39, 0.29) is 5.91 Å². The minimum atomic E-state index is -0.160. The van der Waals surface area contributed by atoms with Crippen LogP contribution >= 0.6 is 46.4 Å². The van der Waals surface area contributed by atoms with E-state index < -0.39 is 0 Å². The Morgan fingerprint density at radius 3 is 2.76 bits per heavy atom. The Balaban J connectivity index is 1.37. The van der Waals surface area contributed by atoms with E-state index in [2.05, 4.69) is 28.3 Å². The molecule has 2 aromatic heterocycles. The maximum absolute atomic E-state index is 12.4. The number of nitrogens with one attached hydrogen (secondary N) is 1. The number of amides is 1. The quantitative estimate of drug-likeness (QED) is 0.591. The third-order valence-corrected chi connectivity index (χ3v) is 7.22. The van der Waals surface area contributed by atoms with Crippen LogP contribution < -0.4 is 14.2 Å². The van der Waals surface area contributed by atoms with Crippen molar-refractivity contribution in [2.75, 3.05) is 13.2 Å². The first-order valence-electron chi connectivity index (χ1n) is 7.45. The summed E-state index contributed by atoms with van der Waals surface area (Å²) >= 11 is 5.98. The molecule has 8 heteroatoms. The van der Waals surface area contributed by atoms with Crippen molar-refractivity contribution >= 4 is 52.3 Å². The van der Waals surface area contributed by atoms with Gasteiger partial charge in [-0.3, -0.25) is 9.52 Å². The highest BCUT2D eigenvalue weighted by Gasteiger charge is 2.23. The number of fused-ring (bicyclic) bond motifs is 1. The van der Waals surface area contributed by atoms with Gasteiger partial charge in [0.05, 0.1) is 4.21 Å². The van der Waals surface area contributed by atoms with Gasteiger partial charge in [0.15, 0.2) is 11.5 Å². The summed E-state index contributed by atoms with van der Waals surface area (Å²) < 4.78 is 14.9. The highest BCUT2D eigenvalue weighted by atomic mass is 32.2. The van der Waals surface area contributed by atoms with Crippen molar-refractivity contribution in [2.45, 2.75) is 14.0 Å². The SMILES string of the molecule is O=C(NSc1cc(Sc2ccccc2)cs1)c1scc2c1OCCO2. The van der Waals surface area contributed by atoms with Gasteiger partial charge in [0.1, 0.15) is 18.1 Å². The number of thiophene rings is 2. The van der Waals surface area contributed by atoms with Crippen molar-refractivity contribution in [2.24, 2.45) is 0 Å². The van der Waals surface area contributed by atoms with Crippen molar-refractivity contribution in [3.05, 3.63) is 52.0 Å². The lowest BCUT2D eigenvalue weighted by molar-refractivity contribution is 0.0979. The van der Waals surface area contributed by atoms with Crippen molar-refractivity contribution in [3.8, 4) is 11.5 Å². The Morgan fingerprint density at radius 1 is 1.04 bits per heavy atom. The van der Waals surface area contributed by atoms with E-state index in [0.29, 0.717) is 29.6 Å². The first kappa shape index (κ1) is 16.8. The number of hydrogen-bond acceptors (Lipinski definition) is 7. The van der Waals surface area contributed by atoms with Crippen LogP contribution in [0.2, 0.25) is 0 Å². The summed E-state index contributed by atoms with van der Waals surface area (Å²) in [5.74, 6) is 1.05. The molecule has 0 atom stereocenters. The van der Waals surface area contributed by atoms with Gasteiger partial charge >= 0.3 is 0 Å². The van der Waals surface area contributed by atoms with Crippen LogP contribution in [-0.4, -0.2) is 19.1 Å². The molecule has 1 N–H and O–H groups in total. The van der Waals surface area contributed by atoms with Crippen LogP contribution in [0.3, 0.4) is 0 Å². The second kappa shape index (κ2) is 7.74. The molecule has 4 nitrogen and oxygen atoms in total. The van der Waals surface area contributed by atoms with Gasteiger partial charge in [-0.05, 0) is 30.1 Å². The zero-order valence-corrected chi connectivity index (χ0v) is 16.2. The molecule has 0 fully saturated rings. The molecule has 1 aliphatic heterocycles. The summed E-state index contributed by atoms with van der Waals surface area (Å²) in [5, 5.41) is 3.91. The summed E-state index contributed by atoms with van der Waals surface area (Å²) in [6, 6.07) is 12.3. The normalized spacial score (nSPS) is 12.8. The lowest BCUT2D eigenvalue weighted by Gasteiger charge is -2.15. The zero-order valence-electron chi connectivity index (χ0n) is 12.9. The fourth-order valence-electron chi connectivity index (χ4n) is 2.19. The second-order valence-electron chi connectivity index (χ2n) is 5.00. The molecule has 0 bridgehead atoms. The average molecular weight is 408 g/mol. The Labute approximate surface area is 161 Å². The van der Waals surface area contributed by atoms with Gasteiger partial charge in [-0.1, -0.05) is 30.0 Å². The van der Waals surface area contributed by atoms with Crippen LogP contribution in [0.1, 0.15) is 9.67 Å². The van der Waals surface area contributed by atoms with E-state index in [1.54, 1.807) is 23.1 Å². The number of carbonyl (C=O) groups excluding carboxylic acids is 1. The Morgan fingerprint density at radius 2 is 1.88 bits per heavy atom. The predicted octanol–water partition coefficient (Wildman–Crippen LogP) is 5.17. The molecule has 0 unspecified atom stereocenters. The molecule has 3 aromatic rings. The van der Waals surface area contributed by atoms with Crippen LogP contribution in [-0.2, 0) is 0 Å².